The number of aliphatic hydroxyl groups is 2. The molecule has 0 spiro atoms. The van der Waals surface area contributed by atoms with Crippen molar-refractivity contribution < 1.29 is 61.4 Å². The van der Waals surface area contributed by atoms with Crippen LogP contribution in [0, 0.1) is 0 Å². The van der Waals surface area contributed by atoms with Crippen molar-refractivity contribution in [3.8, 4) is 0 Å². The van der Waals surface area contributed by atoms with Crippen molar-refractivity contribution in [1.29, 1.82) is 0 Å². The largest absolute Gasteiger partial charge is 0.490 e. The summed E-state index contributed by atoms with van der Waals surface area (Å²) < 4.78 is 51.3. The fourth-order valence-electron chi connectivity index (χ4n) is 2.83. The lowest BCUT2D eigenvalue weighted by Gasteiger charge is -2.19. The van der Waals surface area contributed by atoms with Gasteiger partial charge in [-0.1, -0.05) is 0 Å². The minimum Gasteiger partial charge on any atom is -0.387 e. The average Bonchev–Trinajstić information content (AvgIpc) is 3.07. The Morgan fingerprint density at radius 3 is 2.27 bits per heavy atom. The number of nitrogens with one attached hydrogen (secondary N) is 1. The van der Waals surface area contributed by atoms with E-state index in [4.69, 9.17) is 30.9 Å². The Balaban J connectivity index is 1.77. The Morgan fingerprint density at radius 1 is 1.03 bits per heavy atom. The second kappa shape index (κ2) is 8.79. The standard InChI is InChI=1S/C10H17N6O14P3/c11-6-3-7(15-9(12)14-6)16(10(19)13-3)8-5(18)4(17)2(28-8)1-27-32(23,24)30-33(25,26)29-31(20,21)22/h2,4-5,8,17-18H,1H2,(H,13,19)(H,23,24)(H,25,26)(H2,20,21,22)(H4,11,12,14,15)/t2-,4-,5-,8-/m1/s1. The maximum Gasteiger partial charge on any atom is 0.490 e. The third-order valence-corrected chi connectivity index (χ3v) is 7.83. The van der Waals surface area contributed by atoms with Gasteiger partial charge in [-0.3, -0.25) is 4.52 Å². The van der Waals surface area contributed by atoms with E-state index in [1.807, 2.05) is 0 Å². The van der Waals surface area contributed by atoms with Gasteiger partial charge in [-0.2, -0.15) is 18.6 Å². The van der Waals surface area contributed by atoms with Crippen molar-refractivity contribution in [2.75, 3.05) is 18.1 Å². The molecule has 23 heteroatoms. The summed E-state index contributed by atoms with van der Waals surface area (Å²) in [6, 6.07) is 0. The molecular formula is C10H17N6O14P3. The first-order valence-corrected chi connectivity index (χ1v) is 12.8. The predicted octanol–water partition coefficient (Wildman–Crippen LogP) is -2.75. The van der Waals surface area contributed by atoms with Gasteiger partial charge < -0.3 is 51.0 Å². The molecule has 0 aromatic carbocycles. The number of nitrogens with zero attached hydrogens (tertiary/aromatic N) is 3. The van der Waals surface area contributed by atoms with Crippen LogP contribution in [0.3, 0.4) is 0 Å². The minimum atomic E-state index is -5.76. The summed E-state index contributed by atoms with van der Waals surface area (Å²) in [6.45, 7) is -1.07. The zero-order valence-electron chi connectivity index (χ0n) is 15.8. The van der Waals surface area contributed by atoms with E-state index in [9.17, 15) is 33.6 Å². The maximum atomic E-state index is 12.3. The first-order chi connectivity index (χ1) is 15.0. The Morgan fingerprint density at radius 2 is 1.67 bits per heavy atom. The number of anilines is 2. The van der Waals surface area contributed by atoms with Gasteiger partial charge in [0.1, 0.15) is 23.8 Å². The number of hydrogen-bond acceptors (Lipinski definition) is 14. The molecule has 186 valence electrons. The number of H-pyrrole nitrogens is 1. The number of hydrogen-bond donors (Lipinski definition) is 9. The maximum absolute atomic E-state index is 12.3. The molecule has 3 heterocycles. The quantitative estimate of drug-likeness (QED) is 0.154. The van der Waals surface area contributed by atoms with E-state index < -0.39 is 60.3 Å². The molecule has 1 aliphatic rings. The second-order valence-electron chi connectivity index (χ2n) is 6.40. The molecule has 20 nitrogen and oxygen atoms in total. The third kappa shape index (κ3) is 5.84. The van der Waals surface area contributed by atoms with Crippen LogP contribution in [0.5, 0.6) is 0 Å². The molecule has 0 aliphatic carbocycles. The van der Waals surface area contributed by atoms with Gasteiger partial charge in [0.15, 0.2) is 17.7 Å². The summed E-state index contributed by atoms with van der Waals surface area (Å²) in [5, 5.41) is 20.5. The topological polar surface area (TPSA) is 325 Å². The van der Waals surface area contributed by atoms with Gasteiger partial charge in [-0.05, 0) is 0 Å². The SMILES string of the molecule is Nc1nc(N)c2[nH]c(=O)n([C@@H]3O[C@H](COP(=O)(O)OP(=O)(O)OP(=O)(O)O)[C@@H](O)[C@H]3O)c2n1. The fraction of sp³-hybridized carbons (Fsp3) is 0.500. The van der Waals surface area contributed by atoms with Gasteiger partial charge in [-0.15, -0.1) is 0 Å². The number of aromatic amines is 1. The molecule has 0 amide bonds. The molecule has 2 aromatic rings. The van der Waals surface area contributed by atoms with Crippen molar-refractivity contribution >= 4 is 46.4 Å². The van der Waals surface area contributed by atoms with Crippen LogP contribution >= 0.6 is 23.5 Å². The monoisotopic (exact) mass is 538 g/mol. The number of aliphatic hydroxyl groups excluding tert-OH is 2. The van der Waals surface area contributed by atoms with Crippen molar-refractivity contribution in [2.45, 2.75) is 24.5 Å². The average molecular weight is 538 g/mol. The first-order valence-electron chi connectivity index (χ1n) is 8.33. The van der Waals surface area contributed by atoms with Crippen molar-refractivity contribution in [2.24, 2.45) is 0 Å². The van der Waals surface area contributed by atoms with E-state index in [1.54, 1.807) is 0 Å². The van der Waals surface area contributed by atoms with Crippen LogP contribution in [0.25, 0.3) is 11.2 Å². The summed E-state index contributed by atoms with van der Waals surface area (Å²) in [6.07, 6.45) is -6.92. The first kappa shape index (κ1) is 25.9. The summed E-state index contributed by atoms with van der Waals surface area (Å²) in [7, 11) is -16.9. The van der Waals surface area contributed by atoms with E-state index in [1.165, 1.54) is 0 Å². The molecule has 1 fully saturated rings. The smallest absolute Gasteiger partial charge is 0.387 e. The highest BCUT2D eigenvalue weighted by Crippen LogP contribution is 2.66. The zero-order chi connectivity index (χ0) is 24.9. The van der Waals surface area contributed by atoms with Gasteiger partial charge in [-0.25, -0.2) is 23.1 Å². The summed E-state index contributed by atoms with van der Waals surface area (Å²) in [5.74, 6) is -0.532. The van der Waals surface area contributed by atoms with Crippen LogP contribution in [-0.4, -0.2) is 74.2 Å². The van der Waals surface area contributed by atoms with Crippen LogP contribution in [0.4, 0.5) is 11.8 Å². The van der Waals surface area contributed by atoms with E-state index in [0.29, 0.717) is 0 Å². The van der Waals surface area contributed by atoms with Gasteiger partial charge in [0.25, 0.3) is 0 Å². The number of ether oxygens (including phenoxy) is 1. The number of aromatic nitrogens is 4. The summed E-state index contributed by atoms with van der Waals surface area (Å²) in [5.41, 5.74) is 9.98. The van der Waals surface area contributed by atoms with Crippen molar-refractivity contribution in [3.63, 3.8) is 0 Å². The Labute approximate surface area is 181 Å². The molecule has 0 bridgehead atoms. The molecular weight excluding hydrogens is 521 g/mol. The highest BCUT2D eigenvalue weighted by atomic mass is 31.3. The highest BCUT2D eigenvalue weighted by Gasteiger charge is 2.47. The van der Waals surface area contributed by atoms with Gasteiger partial charge >= 0.3 is 29.2 Å². The van der Waals surface area contributed by atoms with Gasteiger partial charge in [0, 0.05) is 0 Å². The second-order valence-corrected chi connectivity index (χ2v) is 10.8. The Hall–Kier alpha value is -1.76. The normalized spacial score (nSPS) is 27.5. The van der Waals surface area contributed by atoms with Crippen LogP contribution < -0.4 is 17.2 Å². The third-order valence-electron chi connectivity index (χ3n) is 4.02. The lowest BCUT2D eigenvalue weighted by atomic mass is 10.1. The van der Waals surface area contributed by atoms with Crippen molar-refractivity contribution in [1.82, 2.24) is 19.5 Å². The van der Waals surface area contributed by atoms with E-state index >= 15 is 0 Å². The minimum absolute atomic E-state index is 0.0591. The molecule has 0 radical (unpaired) electrons. The van der Waals surface area contributed by atoms with Crippen LogP contribution in [0.15, 0.2) is 4.79 Å². The Kier molecular flexibility index (Phi) is 6.89. The zero-order valence-corrected chi connectivity index (χ0v) is 18.5. The molecule has 11 N–H and O–H groups in total. The number of imidazole rings is 1. The summed E-state index contributed by atoms with van der Waals surface area (Å²) in [4.78, 5) is 57.7. The molecule has 0 saturated carbocycles. The highest BCUT2D eigenvalue weighted by molar-refractivity contribution is 7.66. The molecule has 1 saturated heterocycles. The number of nitrogens with two attached hydrogens (primary N) is 2. The lowest BCUT2D eigenvalue weighted by Crippen LogP contribution is -2.35. The van der Waals surface area contributed by atoms with E-state index in [-0.39, 0.29) is 22.9 Å². The Bertz CT molecular complexity index is 1260. The summed E-state index contributed by atoms with van der Waals surface area (Å²) >= 11 is 0. The molecule has 1 aliphatic heterocycles. The molecule has 2 unspecified atom stereocenters. The van der Waals surface area contributed by atoms with Gasteiger partial charge in [0.2, 0.25) is 5.95 Å². The predicted molar refractivity (Wildman–Crippen MR) is 103 cm³/mol. The van der Waals surface area contributed by atoms with Crippen LogP contribution in [-0.2, 0) is 31.6 Å². The fourth-order valence-corrected chi connectivity index (χ4v) is 5.86. The molecule has 2 aromatic heterocycles. The molecule has 3 rings (SSSR count). The van der Waals surface area contributed by atoms with Crippen LogP contribution in [0.1, 0.15) is 6.23 Å². The van der Waals surface area contributed by atoms with Crippen molar-refractivity contribution in [3.05, 3.63) is 10.5 Å². The number of phosphoric ester groups is 1. The number of phosphoric acid groups is 3. The van der Waals surface area contributed by atoms with Crippen LogP contribution in [0.2, 0.25) is 0 Å². The number of fused-ring (bicyclic) bond motifs is 1. The molecule has 6 atom stereocenters. The lowest BCUT2D eigenvalue weighted by molar-refractivity contribution is -0.0517. The van der Waals surface area contributed by atoms with E-state index in [2.05, 4.69) is 28.1 Å². The number of rotatable bonds is 8. The molecule has 33 heavy (non-hydrogen) atoms. The van der Waals surface area contributed by atoms with Gasteiger partial charge in [0.05, 0.1) is 6.61 Å². The van der Waals surface area contributed by atoms with E-state index in [0.717, 1.165) is 4.57 Å². The number of nitrogen functional groups attached to an aromatic ring is 2.